The monoisotopic (exact) mass is 427 g/mol. The molecule has 6 heteroatoms. The zero-order valence-electron chi connectivity index (χ0n) is 17.8. The molecule has 1 amide bonds. The summed E-state index contributed by atoms with van der Waals surface area (Å²) in [6.07, 6.45) is 4.96. The summed E-state index contributed by atoms with van der Waals surface area (Å²) in [5.74, 6) is 2.01. The minimum absolute atomic E-state index is 0.0350. The van der Waals surface area contributed by atoms with Gasteiger partial charge in [-0.25, -0.2) is 4.98 Å². The van der Waals surface area contributed by atoms with Crippen LogP contribution in [0.3, 0.4) is 0 Å². The average Bonchev–Trinajstić information content (AvgIpc) is 3.07. The molecular weight excluding hydrogens is 398 g/mol. The third-order valence-electron chi connectivity index (χ3n) is 5.11. The van der Waals surface area contributed by atoms with Gasteiger partial charge in [0.25, 0.3) is 0 Å². The maximum Gasteiger partial charge on any atom is 0.216 e. The van der Waals surface area contributed by atoms with E-state index in [0.717, 1.165) is 72.9 Å². The summed E-state index contributed by atoms with van der Waals surface area (Å²) in [5, 5.41) is 3.61. The molecular formula is C24H30ClN3O2. The minimum Gasteiger partial charge on any atom is -0.494 e. The fraction of sp³-hybridized carbons (Fsp3) is 0.417. The Morgan fingerprint density at radius 3 is 2.77 bits per heavy atom. The second-order valence-corrected chi connectivity index (χ2v) is 7.98. The molecule has 0 unspecified atom stereocenters. The van der Waals surface area contributed by atoms with Crippen molar-refractivity contribution in [3.8, 4) is 5.75 Å². The molecule has 1 aromatic heterocycles. The second-order valence-electron chi connectivity index (χ2n) is 7.58. The summed E-state index contributed by atoms with van der Waals surface area (Å²) in [7, 11) is 0. The Labute approximate surface area is 183 Å². The number of ether oxygens (including phenoxy) is 1. The first-order chi connectivity index (χ1) is 14.5. The molecule has 160 valence electrons. The lowest BCUT2D eigenvalue weighted by Crippen LogP contribution is -2.20. The Balaban J connectivity index is 1.54. The zero-order valence-corrected chi connectivity index (χ0v) is 18.5. The molecule has 30 heavy (non-hydrogen) atoms. The van der Waals surface area contributed by atoms with Crippen LogP contribution in [0.1, 0.15) is 44.0 Å². The molecule has 0 aliphatic carbocycles. The van der Waals surface area contributed by atoms with E-state index in [4.69, 9.17) is 21.3 Å². The number of aromatic nitrogens is 2. The lowest BCUT2D eigenvalue weighted by molar-refractivity contribution is -0.118. The third kappa shape index (κ3) is 6.23. The predicted octanol–water partition coefficient (Wildman–Crippen LogP) is 5.32. The van der Waals surface area contributed by atoms with Crippen molar-refractivity contribution >= 4 is 28.5 Å². The summed E-state index contributed by atoms with van der Waals surface area (Å²) in [4.78, 5) is 15.8. The number of halogens is 1. The van der Waals surface area contributed by atoms with E-state index in [1.807, 2.05) is 31.2 Å². The van der Waals surface area contributed by atoms with Crippen molar-refractivity contribution in [2.24, 2.45) is 0 Å². The molecule has 0 aliphatic rings. The highest BCUT2D eigenvalue weighted by Crippen LogP contribution is 2.22. The van der Waals surface area contributed by atoms with Crippen LogP contribution in [0.2, 0.25) is 5.02 Å². The number of para-hydroxylation sites is 2. The summed E-state index contributed by atoms with van der Waals surface area (Å²) >= 11 is 6.08. The first kappa shape index (κ1) is 22.2. The number of imidazole rings is 1. The van der Waals surface area contributed by atoms with Gasteiger partial charge < -0.3 is 14.6 Å². The number of carbonyl (C=O) groups excluding carboxylic acids is 1. The van der Waals surface area contributed by atoms with Crippen LogP contribution in [0, 0.1) is 6.92 Å². The van der Waals surface area contributed by atoms with Crippen LogP contribution in [0.5, 0.6) is 5.75 Å². The first-order valence-corrected chi connectivity index (χ1v) is 11.0. The number of hydrogen-bond donors (Lipinski definition) is 1. The van der Waals surface area contributed by atoms with Crippen LogP contribution in [0.4, 0.5) is 0 Å². The average molecular weight is 428 g/mol. The number of benzene rings is 2. The second kappa shape index (κ2) is 11.0. The van der Waals surface area contributed by atoms with E-state index in [0.29, 0.717) is 6.61 Å². The van der Waals surface area contributed by atoms with Gasteiger partial charge in [0.05, 0.1) is 17.6 Å². The van der Waals surface area contributed by atoms with Gasteiger partial charge in [-0.1, -0.05) is 30.2 Å². The highest BCUT2D eigenvalue weighted by molar-refractivity contribution is 6.31. The van der Waals surface area contributed by atoms with Gasteiger partial charge in [0, 0.05) is 31.5 Å². The maximum absolute atomic E-state index is 10.9. The molecule has 3 aromatic rings. The summed E-state index contributed by atoms with van der Waals surface area (Å²) in [6.45, 7) is 5.79. The molecule has 1 N–H and O–H groups in total. The van der Waals surface area contributed by atoms with Gasteiger partial charge in [-0.05, 0) is 62.1 Å². The third-order valence-corrected chi connectivity index (χ3v) is 5.53. The summed E-state index contributed by atoms with van der Waals surface area (Å²) < 4.78 is 8.23. The molecule has 3 rings (SSSR count). The number of nitrogens with one attached hydrogen (secondary N) is 1. The van der Waals surface area contributed by atoms with Crippen LogP contribution in [-0.2, 0) is 17.8 Å². The topological polar surface area (TPSA) is 56.2 Å². The Morgan fingerprint density at radius 2 is 1.97 bits per heavy atom. The Hall–Kier alpha value is -2.53. The van der Waals surface area contributed by atoms with Crippen LogP contribution in [0.25, 0.3) is 11.0 Å². The zero-order chi connectivity index (χ0) is 21.3. The fourth-order valence-corrected chi connectivity index (χ4v) is 3.65. The van der Waals surface area contributed by atoms with Gasteiger partial charge in [0.15, 0.2) is 0 Å². The number of fused-ring (bicyclic) bond motifs is 1. The van der Waals surface area contributed by atoms with E-state index in [1.165, 1.54) is 5.52 Å². The standard InChI is InChI=1S/C24H30ClN3O2/c1-18-17-20(12-13-21(18)25)30-16-8-15-28-23-10-6-5-9-22(23)27-24(28)11-4-3-7-14-26-19(2)29/h5-6,9-10,12-13,17H,3-4,7-8,11,14-16H2,1-2H3,(H,26,29). The van der Waals surface area contributed by atoms with Gasteiger partial charge in [-0.15, -0.1) is 0 Å². The van der Waals surface area contributed by atoms with Crippen molar-refractivity contribution in [1.29, 1.82) is 0 Å². The van der Waals surface area contributed by atoms with E-state index in [1.54, 1.807) is 6.92 Å². The smallest absolute Gasteiger partial charge is 0.216 e. The van der Waals surface area contributed by atoms with E-state index < -0.39 is 0 Å². The van der Waals surface area contributed by atoms with Crippen molar-refractivity contribution in [2.75, 3.05) is 13.2 Å². The van der Waals surface area contributed by atoms with Crippen molar-refractivity contribution < 1.29 is 9.53 Å². The lowest BCUT2D eigenvalue weighted by atomic mass is 10.2. The molecule has 0 bridgehead atoms. The summed E-state index contributed by atoms with van der Waals surface area (Å²) in [6, 6.07) is 14.0. The number of nitrogens with zero attached hydrogens (tertiary/aromatic N) is 2. The molecule has 0 fully saturated rings. The highest BCUT2D eigenvalue weighted by Gasteiger charge is 2.10. The fourth-order valence-electron chi connectivity index (χ4n) is 3.53. The maximum atomic E-state index is 10.9. The molecule has 2 aromatic carbocycles. The van der Waals surface area contributed by atoms with E-state index in [9.17, 15) is 4.79 Å². The van der Waals surface area contributed by atoms with Gasteiger partial charge in [-0.3, -0.25) is 4.79 Å². The van der Waals surface area contributed by atoms with Crippen LogP contribution in [0.15, 0.2) is 42.5 Å². The Bertz CT molecular complexity index is 984. The molecule has 0 saturated heterocycles. The Morgan fingerprint density at radius 1 is 1.13 bits per heavy atom. The van der Waals surface area contributed by atoms with E-state index in [2.05, 4.69) is 28.1 Å². The molecule has 0 saturated carbocycles. The first-order valence-electron chi connectivity index (χ1n) is 10.6. The van der Waals surface area contributed by atoms with Gasteiger partial charge in [-0.2, -0.15) is 0 Å². The predicted molar refractivity (Wildman–Crippen MR) is 122 cm³/mol. The van der Waals surface area contributed by atoms with Crippen LogP contribution < -0.4 is 10.1 Å². The largest absolute Gasteiger partial charge is 0.494 e. The normalized spacial score (nSPS) is 11.0. The van der Waals surface area contributed by atoms with E-state index in [-0.39, 0.29) is 5.91 Å². The number of hydrogen-bond acceptors (Lipinski definition) is 3. The number of aryl methyl sites for hydroxylation is 3. The molecule has 5 nitrogen and oxygen atoms in total. The Kier molecular flexibility index (Phi) is 8.14. The van der Waals surface area contributed by atoms with Crippen molar-refractivity contribution in [3.05, 3.63) is 58.9 Å². The lowest BCUT2D eigenvalue weighted by Gasteiger charge is -2.11. The van der Waals surface area contributed by atoms with Gasteiger partial charge >= 0.3 is 0 Å². The molecule has 0 radical (unpaired) electrons. The molecule has 1 heterocycles. The van der Waals surface area contributed by atoms with Gasteiger partial charge in [0.1, 0.15) is 11.6 Å². The minimum atomic E-state index is 0.0350. The summed E-state index contributed by atoms with van der Waals surface area (Å²) in [5.41, 5.74) is 3.24. The van der Waals surface area contributed by atoms with Gasteiger partial charge in [0.2, 0.25) is 5.91 Å². The number of carbonyl (C=O) groups is 1. The van der Waals surface area contributed by atoms with Crippen LogP contribution in [-0.4, -0.2) is 28.6 Å². The number of unbranched alkanes of at least 4 members (excludes halogenated alkanes) is 2. The van der Waals surface area contributed by atoms with Crippen molar-refractivity contribution in [2.45, 2.75) is 52.5 Å². The quantitative estimate of drug-likeness (QED) is 0.421. The van der Waals surface area contributed by atoms with Crippen molar-refractivity contribution in [1.82, 2.24) is 14.9 Å². The highest BCUT2D eigenvalue weighted by atomic mass is 35.5. The molecule has 0 spiro atoms. The SMILES string of the molecule is CC(=O)NCCCCCc1nc2ccccc2n1CCCOc1ccc(Cl)c(C)c1. The number of amides is 1. The van der Waals surface area contributed by atoms with Crippen LogP contribution >= 0.6 is 11.6 Å². The molecule has 0 atom stereocenters. The van der Waals surface area contributed by atoms with Crippen molar-refractivity contribution in [3.63, 3.8) is 0 Å². The van der Waals surface area contributed by atoms with E-state index >= 15 is 0 Å². The number of rotatable bonds is 11. The molecule has 0 aliphatic heterocycles.